The van der Waals surface area contributed by atoms with Crippen molar-refractivity contribution in [2.24, 2.45) is 22.9 Å². The van der Waals surface area contributed by atoms with Crippen LogP contribution in [0.4, 0.5) is 0 Å². The summed E-state index contributed by atoms with van der Waals surface area (Å²) in [6, 6.07) is 0.967. The van der Waals surface area contributed by atoms with Gasteiger partial charge in [-0.05, 0) is 55.9 Å². The van der Waals surface area contributed by atoms with Gasteiger partial charge in [0, 0.05) is 27.0 Å². The second kappa shape index (κ2) is 6.93. The van der Waals surface area contributed by atoms with E-state index in [-0.39, 0.29) is 17.9 Å². The SMILES string of the molecule is COC(=O)C1C2CC[C@H](C[C@@H]1C1CCC(N=[N+]=[N-])C(I)C1)N2. The summed E-state index contributed by atoms with van der Waals surface area (Å²) in [4.78, 5) is 15.3. The Morgan fingerprint density at radius 3 is 2.82 bits per heavy atom. The molecule has 1 saturated carbocycles. The molecular weight excluding hydrogens is 395 g/mol. The fourth-order valence-electron chi connectivity index (χ4n) is 4.77. The molecule has 0 spiro atoms. The van der Waals surface area contributed by atoms with Crippen molar-refractivity contribution in [2.75, 3.05) is 7.11 Å². The molecule has 3 fully saturated rings. The van der Waals surface area contributed by atoms with Crippen LogP contribution in [0, 0.1) is 17.8 Å². The van der Waals surface area contributed by atoms with Crippen molar-refractivity contribution in [2.45, 2.75) is 60.6 Å². The Kier molecular flexibility index (Phi) is 5.14. The minimum Gasteiger partial charge on any atom is -0.469 e. The molecule has 2 aliphatic heterocycles. The van der Waals surface area contributed by atoms with Crippen molar-refractivity contribution >= 4 is 28.6 Å². The summed E-state index contributed by atoms with van der Waals surface area (Å²) in [6.45, 7) is 0. The van der Waals surface area contributed by atoms with Gasteiger partial charge in [-0.25, -0.2) is 0 Å². The molecule has 0 radical (unpaired) electrons. The van der Waals surface area contributed by atoms with E-state index in [1.54, 1.807) is 0 Å². The molecule has 2 saturated heterocycles. The van der Waals surface area contributed by atoms with Gasteiger partial charge in [0.15, 0.2) is 0 Å². The quantitative estimate of drug-likeness (QED) is 0.191. The molecule has 1 aliphatic carbocycles. The molecule has 122 valence electrons. The fourth-order valence-corrected chi connectivity index (χ4v) is 5.93. The van der Waals surface area contributed by atoms with E-state index in [9.17, 15) is 4.79 Å². The lowest BCUT2D eigenvalue weighted by Gasteiger charge is -2.43. The highest BCUT2D eigenvalue weighted by Crippen LogP contribution is 2.46. The number of hydrogen-bond donors (Lipinski definition) is 1. The summed E-state index contributed by atoms with van der Waals surface area (Å²) in [5.41, 5.74) is 8.66. The molecule has 0 amide bonds. The van der Waals surface area contributed by atoms with Crippen molar-refractivity contribution in [1.29, 1.82) is 0 Å². The van der Waals surface area contributed by atoms with E-state index in [1.807, 2.05) is 0 Å². The molecular formula is C15H23IN4O2. The summed E-state index contributed by atoms with van der Waals surface area (Å²) in [5, 5.41) is 7.52. The first-order chi connectivity index (χ1) is 10.6. The molecule has 0 aromatic heterocycles. The number of alkyl halides is 1. The average molecular weight is 418 g/mol. The van der Waals surface area contributed by atoms with E-state index in [0.29, 0.717) is 27.8 Å². The van der Waals surface area contributed by atoms with Gasteiger partial charge < -0.3 is 10.1 Å². The zero-order chi connectivity index (χ0) is 15.7. The number of azide groups is 1. The Balaban J connectivity index is 1.74. The number of methoxy groups -OCH3 is 1. The molecule has 1 N–H and O–H groups in total. The van der Waals surface area contributed by atoms with Crippen LogP contribution < -0.4 is 5.32 Å². The lowest BCUT2D eigenvalue weighted by Crippen LogP contribution is -2.52. The van der Waals surface area contributed by atoms with Gasteiger partial charge in [0.25, 0.3) is 0 Å². The second-order valence-corrected chi connectivity index (χ2v) is 8.46. The van der Waals surface area contributed by atoms with Crippen molar-refractivity contribution in [3.05, 3.63) is 10.4 Å². The Morgan fingerprint density at radius 1 is 1.32 bits per heavy atom. The number of rotatable bonds is 3. The van der Waals surface area contributed by atoms with Crippen molar-refractivity contribution in [1.82, 2.24) is 5.32 Å². The van der Waals surface area contributed by atoms with Gasteiger partial charge in [-0.3, -0.25) is 4.79 Å². The van der Waals surface area contributed by atoms with E-state index in [0.717, 1.165) is 32.1 Å². The number of hydrogen-bond acceptors (Lipinski definition) is 4. The van der Waals surface area contributed by atoms with Crippen LogP contribution in [0.5, 0.6) is 0 Å². The van der Waals surface area contributed by atoms with Crippen LogP contribution in [-0.2, 0) is 9.53 Å². The maximum absolute atomic E-state index is 12.3. The van der Waals surface area contributed by atoms with Gasteiger partial charge in [0.1, 0.15) is 0 Å². The Labute approximate surface area is 144 Å². The first kappa shape index (κ1) is 16.3. The first-order valence-electron chi connectivity index (χ1n) is 8.16. The third-order valence-corrected chi connectivity index (χ3v) is 7.12. The predicted molar refractivity (Wildman–Crippen MR) is 91.6 cm³/mol. The highest BCUT2D eigenvalue weighted by molar-refractivity contribution is 14.1. The van der Waals surface area contributed by atoms with Crippen LogP contribution in [0.25, 0.3) is 10.4 Å². The highest BCUT2D eigenvalue weighted by atomic mass is 127. The minimum atomic E-state index is -0.0509. The largest absolute Gasteiger partial charge is 0.469 e. The molecule has 2 heterocycles. The summed E-state index contributed by atoms with van der Waals surface area (Å²) in [5.74, 6) is 0.898. The molecule has 6 nitrogen and oxygen atoms in total. The number of halogens is 1. The van der Waals surface area contributed by atoms with Crippen LogP contribution in [0.15, 0.2) is 5.11 Å². The molecule has 3 aliphatic rings. The van der Waals surface area contributed by atoms with Crippen molar-refractivity contribution in [3.63, 3.8) is 0 Å². The second-order valence-electron chi connectivity index (χ2n) is 6.86. The topological polar surface area (TPSA) is 87.1 Å². The standard InChI is InChI=1S/C15H23IN4O2/c1-22-15(21)14-10(7-9-3-5-13(14)18-9)8-2-4-12(19-20-17)11(16)6-8/h8-14,18H,2-7H2,1H3/t8?,9-,10-,11?,12?,13?,14?/m1/s1. The number of fused-ring (bicyclic) bond motifs is 2. The van der Waals surface area contributed by atoms with E-state index in [4.69, 9.17) is 10.3 Å². The lowest BCUT2D eigenvalue weighted by atomic mass is 9.68. The van der Waals surface area contributed by atoms with Gasteiger partial charge in [-0.15, -0.1) is 0 Å². The van der Waals surface area contributed by atoms with Crippen LogP contribution >= 0.6 is 22.6 Å². The smallest absolute Gasteiger partial charge is 0.310 e. The van der Waals surface area contributed by atoms with Crippen molar-refractivity contribution < 1.29 is 9.53 Å². The van der Waals surface area contributed by atoms with E-state index >= 15 is 0 Å². The molecule has 2 bridgehead atoms. The van der Waals surface area contributed by atoms with Crippen LogP contribution in [0.3, 0.4) is 0 Å². The zero-order valence-corrected chi connectivity index (χ0v) is 15.0. The number of ether oxygens (including phenoxy) is 1. The number of carbonyl (C=O) groups is 1. The third kappa shape index (κ3) is 3.08. The molecule has 7 atom stereocenters. The number of esters is 1. The van der Waals surface area contributed by atoms with Gasteiger partial charge in [-0.1, -0.05) is 27.7 Å². The molecule has 0 aromatic carbocycles. The fraction of sp³-hybridized carbons (Fsp3) is 0.933. The van der Waals surface area contributed by atoms with E-state index in [1.165, 1.54) is 13.5 Å². The maximum atomic E-state index is 12.3. The third-order valence-electron chi connectivity index (χ3n) is 5.78. The Bertz CT molecular complexity index is 482. The Hall–Kier alpha value is -0.530. The van der Waals surface area contributed by atoms with E-state index in [2.05, 4.69) is 37.9 Å². The molecule has 7 heteroatoms. The van der Waals surface area contributed by atoms with Gasteiger partial charge in [-0.2, -0.15) is 0 Å². The zero-order valence-electron chi connectivity index (χ0n) is 12.8. The molecule has 5 unspecified atom stereocenters. The van der Waals surface area contributed by atoms with Crippen molar-refractivity contribution in [3.8, 4) is 0 Å². The highest BCUT2D eigenvalue weighted by Gasteiger charge is 2.49. The maximum Gasteiger partial charge on any atom is 0.310 e. The summed E-state index contributed by atoms with van der Waals surface area (Å²) in [7, 11) is 1.50. The number of carbonyl (C=O) groups excluding carboxylic acids is 1. The average Bonchev–Trinajstić information content (AvgIpc) is 2.90. The molecule has 22 heavy (non-hydrogen) atoms. The monoisotopic (exact) mass is 418 g/mol. The molecule has 0 aromatic rings. The lowest BCUT2D eigenvalue weighted by molar-refractivity contribution is -0.151. The van der Waals surface area contributed by atoms with Gasteiger partial charge >= 0.3 is 5.97 Å². The van der Waals surface area contributed by atoms with Gasteiger partial charge in [0.2, 0.25) is 0 Å². The van der Waals surface area contributed by atoms with Crippen LogP contribution in [0.2, 0.25) is 0 Å². The minimum absolute atomic E-state index is 0.00614. The van der Waals surface area contributed by atoms with E-state index < -0.39 is 0 Å². The summed E-state index contributed by atoms with van der Waals surface area (Å²) < 4.78 is 5.47. The van der Waals surface area contributed by atoms with Gasteiger partial charge in [0.05, 0.1) is 13.0 Å². The Morgan fingerprint density at radius 2 is 2.14 bits per heavy atom. The number of piperidine rings is 1. The van der Waals surface area contributed by atoms with Crippen LogP contribution in [-0.4, -0.2) is 35.1 Å². The number of nitrogens with one attached hydrogen (secondary N) is 1. The summed E-state index contributed by atoms with van der Waals surface area (Å²) >= 11 is 2.42. The van der Waals surface area contributed by atoms with Crippen LogP contribution in [0.1, 0.15) is 38.5 Å². The normalized spacial score (nSPS) is 44.2. The predicted octanol–water partition coefficient (Wildman–Crippen LogP) is 3.20. The summed E-state index contributed by atoms with van der Waals surface area (Å²) in [6.07, 6.45) is 6.38. The number of nitrogens with zero attached hydrogens (tertiary/aromatic N) is 3. The first-order valence-corrected chi connectivity index (χ1v) is 9.40. The molecule has 3 rings (SSSR count).